The molecular weight excluding hydrogens is 270 g/mol. The van der Waals surface area contributed by atoms with Crippen molar-refractivity contribution in [3.63, 3.8) is 0 Å². The molecule has 0 amide bonds. The Balaban J connectivity index is 1.95. The Morgan fingerprint density at radius 3 is 2.14 bits per heavy atom. The van der Waals surface area contributed by atoms with Crippen molar-refractivity contribution < 1.29 is 0 Å². The summed E-state index contributed by atoms with van der Waals surface area (Å²) in [6, 6.07) is 20.1. The predicted octanol–water partition coefficient (Wildman–Crippen LogP) is 4.30. The van der Waals surface area contributed by atoms with Crippen LogP contribution in [0.2, 0.25) is 0 Å². The summed E-state index contributed by atoms with van der Waals surface area (Å²) in [7, 11) is 0. The molecule has 0 N–H and O–H groups in total. The lowest BCUT2D eigenvalue weighted by molar-refractivity contribution is 1.31. The lowest BCUT2D eigenvalue weighted by Crippen LogP contribution is -1.91. The highest BCUT2D eigenvalue weighted by Crippen LogP contribution is 2.45. The molecule has 0 saturated carbocycles. The van der Waals surface area contributed by atoms with Gasteiger partial charge < -0.3 is 0 Å². The molecule has 1 aliphatic carbocycles. The maximum atomic E-state index is 9.06. The molecule has 100 valence electrons. The third-order valence-electron chi connectivity index (χ3n) is 4.21. The quantitative estimate of drug-likeness (QED) is 0.424. The largest absolute Gasteiger partial charge is 0.244 e. The number of hydrogen-bond acceptors (Lipinski definition) is 3. The average molecular weight is 279 g/mol. The molecule has 0 radical (unpaired) electrons. The number of aromatic nitrogens is 2. The second kappa shape index (κ2) is 3.90. The van der Waals surface area contributed by atoms with Gasteiger partial charge in [0.2, 0.25) is 0 Å². The van der Waals surface area contributed by atoms with Crippen LogP contribution >= 0.6 is 0 Å². The van der Waals surface area contributed by atoms with E-state index in [0.29, 0.717) is 5.56 Å². The monoisotopic (exact) mass is 279 g/mol. The van der Waals surface area contributed by atoms with E-state index in [1.54, 1.807) is 12.1 Å². The fourth-order valence-electron chi connectivity index (χ4n) is 3.24. The van der Waals surface area contributed by atoms with Crippen molar-refractivity contribution in [1.82, 2.24) is 9.97 Å². The molecule has 0 spiro atoms. The van der Waals surface area contributed by atoms with Crippen LogP contribution in [0.15, 0.2) is 54.6 Å². The van der Waals surface area contributed by atoms with Crippen LogP contribution in [0, 0.1) is 11.3 Å². The molecule has 1 aliphatic rings. The zero-order valence-electron chi connectivity index (χ0n) is 11.5. The molecule has 0 fully saturated rings. The Labute approximate surface area is 126 Å². The summed E-state index contributed by atoms with van der Waals surface area (Å²) >= 11 is 0. The lowest BCUT2D eigenvalue weighted by atomic mass is 10.0. The SMILES string of the molecule is N#Cc1ccc2nc3c(nc2c1)-c1cccc2cccc-3c12. The minimum Gasteiger partial charge on any atom is -0.244 e. The number of fused-ring (bicyclic) bond motifs is 4. The molecule has 0 aliphatic heterocycles. The minimum absolute atomic E-state index is 0.607. The first-order valence-corrected chi connectivity index (χ1v) is 7.09. The van der Waals surface area contributed by atoms with Gasteiger partial charge in [-0.25, -0.2) is 9.97 Å². The van der Waals surface area contributed by atoms with Crippen molar-refractivity contribution in [1.29, 1.82) is 5.26 Å². The van der Waals surface area contributed by atoms with Crippen molar-refractivity contribution in [3.05, 3.63) is 60.2 Å². The van der Waals surface area contributed by atoms with Gasteiger partial charge in [0.1, 0.15) is 0 Å². The molecule has 0 unspecified atom stereocenters. The predicted molar refractivity (Wildman–Crippen MR) is 86.2 cm³/mol. The summed E-state index contributed by atoms with van der Waals surface area (Å²) in [6.45, 7) is 0. The molecule has 3 aromatic carbocycles. The molecular formula is C19H9N3. The zero-order chi connectivity index (χ0) is 14.7. The number of hydrogen-bond donors (Lipinski definition) is 0. The summed E-state index contributed by atoms with van der Waals surface area (Å²) in [5, 5.41) is 11.5. The van der Waals surface area contributed by atoms with Gasteiger partial charge in [0, 0.05) is 16.5 Å². The van der Waals surface area contributed by atoms with Crippen LogP contribution in [0.3, 0.4) is 0 Å². The fraction of sp³-hybridized carbons (Fsp3) is 0. The molecule has 0 saturated heterocycles. The highest BCUT2D eigenvalue weighted by molar-refractivity contribution is 6.14. The van der Waals surface area contributed by atoms with Crippen molar-refractivity contribution in [2.45, 2.75) is 0 Å². The third kappa shape index (κ3) is 1.34. The highest BCUT2D eigenvalue weighted by atomic mass is 14.8. The summed E-state index contributed by atoms with van der Waals surface area (Å²) in [5.74, 6) is 0. The number of benzene rings is 3. The Morgan fingerprint density at radius 1 is 0.773 bits per heavy atom. The van der Waals surface area contributed by atoms with Gasteiger partial charge in [-0.3, -0.25) is 0 Å². The van der Waals surface area contributed by atoms with Gasteiger partial charge in [0.25, 0.3) is 0 Å². The van der Waals surface area contributed by atoms with Crippen LogP contribution in [-0.4, -0.2) is 9.97 Å². The molecule has 5 rings (SSSR count). The molecule has 22 heavy (non-hydrogen) atoms. The van der Waals surface area contributed by atoms with Crippen LogP contribution < -0.4 is 0 Å². The lowest BCUT2D eigenvalue weighted by Gasteiger charge is -2.03. The van der Waals surface area contributed by atoms with E-state index in [2.05, 4.69) is 36.4 Å². The number of nitriles is 1. The number of nitrogens with zero attached hydrogens (tertiary/aromatic N) is 3. The van der Waals surface area contributed by atoms with Crippen LogP contribution in [0.1, 0.15) is 5.56 Å². The Hall–Kier alpha value is -3.25. The maximum absolute atomic E-state index is 9.06. The molecule has 3 heteroatoms. The summed E-state index contributed by atoms with van der Waals surface area (Å²) in [4.78, 5) is 9.59. The van der Waals surface area contributed by atoms with E-state index in [1.807, 2.05) is 12.1 Å². The smallest absolute Gasteiger partial charge is 0.0992 e. The molecule has 4 aromatic rings. The fourth-order valence-corrected chi connectivity index (χ4v) is 3.24. The van der Waals surface area contributed by atoms with E-state index in [1.165, 1.54) is 10.8 Å². The first kappa shape index (κ1) is 11.4. The van der Waals surface area contributed by atoms with Crippen LogP contribution in [0.5, 0.6) is 0 Å². The summed E-state index contributed by atoms with van der Waals surface area (Å²) in [6.07, 6.45) is 0. The number of rotatable bonds is 0. The van der Waals surface area contributed by atoms with Gasteiger partial charge in [0.15, 0.2) is 0 Å². The van der Waals surface area contributed by atoms with Crippen LogP contribution in [-0.2, 0) is 0 Å². The third-order valence-corrected chi connectivity index (χ3v) is 4.21. The molecule has 1 aromatic heterocycles. The molecule has 1 heterocycles. The average Bonchev–Trinajstić information content (AvgIpc) is 2.88. The Bertz CT molecular complexity index is 1130. The second-order valence-corrected chi connectivity index (χ2v) is 5.45. The van der Waals surface area contributed by atoms with Gasteiger partial charge >= 0.3 is 0 Å². The van der Waals surface area contributed by atoms with E-state index in [4.69, 9.17) is 15.2 Å². The van der Waals surface area contributed by atoms with E-state index in [9.17, 15) is 0 Å². The van der Waals surface area contributed by atoms with Gasteiger partial charge in [-0.05, 0) is 23.6 Å². The van der Waals surface area contributed by atoms with Crippen molar-refractivity contribution in [2.24, 2.45) is 0 Å². The van der Waals surface area contributed by atoms with Gasteiger partial charge in [-0.2, -0.15) is 5.26 Å². The van der Waals surface area contributed by atoms with Crippen molar-refractivity contribution in [3.8, 4) is 28.6 Å². The summed E-state index contributed by atoms with van der Waals surface area (Å²) in [5.41, 5.74) is 6.31. The van der Waals surface area contributed by atoms with E-state index in [-0.39, 0.29) is 0 Å². The standard InChI is InChI=1S/C19H9N3/c20-10-11-7-8-15-16(9-11)22-19-14-6-2-4-12-3-1-5-13(17(12)14)18(19)21-15/h1-9H. The van der Waals surface area contributed by atoms with Crippen molar-refractivity contribution in [2.75, 3.05) is 0 Å². The van der Waals surface area contributed by atoms with Gasteiger partial charge in [0.05, 0.1) is 34.1 Å². The van der Waals surface area contributed by atoms with Crippen molar-refractivity contribution >= 4 is 21.8 Å². The van der Waals surface area contributed by atoms with Crippen LogP contribution in [0.25, 0.3) is 44.3 Å². The zero-order valence-corrected chi connectivity index (χ0v) is 11.5. The second-order valence-electron chi connectivity index (χ2n) is 5.45. The van der Waals surface area contributed by atoms with E-state index >= 15 is 0 Å². The van der Waals surface area contributed by atoms with Gasteiger partial charge in [-0.15, -0.1) is 0 Å². The first-order chi connectivity index (χ1) is 10.8. The normalized spacial score (nSPS) is 11.6. The Kier molecular flexibility index (Phi) is 2.02. The van der Waals surface area contributed by atoms with E-state index < -0.39 is 0 Å². The Morgan fingerprint density at radius 2 is 1.45 bits per heavy atom. The summed E-state index contributed by atoms with van der Waals surface area (Å²) < 4.78 is 0. The minimum atomic E-state index is 0.607. The molecule has 0 atom stereocenters. The van der Waals surface area contributed by atoms with Gasteiger partial charge in [-0.1, -0.05) is 36.4 Å². The highest BCUT2D eigenvalue weighted by Gasteiger charge is 2.24. The first-order valence-electron chi connectivity index (χ1n) is 7.09. The maximum Gasteiger partial charge on any atom is 0.0992 e. The topological polar surface area (TPSA) is 49.6 Å². The molecule has 0 bridgehead atoms. The molecule has 3 nitrogen and oxygen atoms in total. The van der Waals surface area contributed by atoms with Crippen LogP contribution in [0.4, 0.5) is 0 Å². The van der Waals surface area contributed by atoms with E-state index in [0.717, 1.165) is 33.5 Å².